The lowest BCUT2D eigenvalue weighted by atomic mass is 10.4. The van der Waals surface area contributed by atoms with E-state index in [2.05, 4.69) is 22.0 Å². The number of carbonyl (C=O) groups is 1. The van der Waals surface area contributed by atoms with Crippen molar-refractivity contribution in [1.82, 2.24) is 4.57 Å². The van der Waals surface area contributed by atoms with Gasteiger partial charge < -0.3 is 15.5 Å². The average Bonchev–Trinajstić information content (AvgIpc) is 2.73. The lowest BCUT2D eigenvalue weighted by Crippen LogP contribution is -2.21. The SMILES string of the molecule is C=CCn1cccc1.N#CC(=NO)C(N)=O. The Bertz CT molecular complexity index is 401. The summed E-state index contributed by atoms with van der Waals surface area (Å²) in [5.74, 6) is -1.03. The number of nitrogens with two attached hydrogens (primary N) is 1. The van der Waals surface area contributed by atoms with Crippen LogP contribution in [-0.4, -0.2) is 21.4 Å². The Kier molecular flexibility index (Phi) is 6.57. The first-order chi connectivity index (χ1) is 7.65. The van der Waals surface area contributed by atoms with Crippen molar-refractivity contribution in [3.8, 4) is 6.07 Å². The summed E-state index contributed by atoms with van der Waals surface area (Å²) in [5, 5.41) is 17.9. The highest BCUT2D eigenvalue weighted by Crippen LogP contribution is 1.88. The molecule has 0 radical (unpaired) electrons. The predicted octanol–water partition coefficient (Wildman–Crippen LogP) is 0.500. The Morgan fingerprint density at radius 3 is 2.44 bits per heavy atom. The second-order valence-electron chi connectivity index (χ2n) is 2.59. The van der Waals surface area contributed by atoms with E-state index in [0.29, 0.717) is 0 Å². The molecule has 6 nitrogen and oxygen atoms in total. The minimum Gasteiger partial charge on any atom is -0.410 e. The summed E-state index contributed by atoms with van der Waals surface area (Å²) >= 11 is 0. The third-order valence-corrected chi connectivity index (χ3v) is 1.45. The lowest BCUT2D eigenvalue weighted by molar-refractivity contribution is -0.112. The van der Waals surface area contributed by atoms with Crippen LogP contribution in [-0.2, 0) is 11.3 Å². The molecule has 0 aromatic carbocycles. The molecule has 84 valence electrons. The van der Waals surface area contributed by atoms with Crippen LogP contribution in [0.15, 0.2) is 42.3 Å². The van der Waals surface area contributed by atoms with Gasteiger partial charge in [0.05, 0.1) is 0 Å². The molecule has 0 fully saturated rings. The third kappa shape index (κ3) is 5.24. The van der Waals surface area contributed by atoms with Gasteiger partial charge in [0.1, 0.15) is 6.07 Å². The van der Waals surface area contributed by atoms with Crippen LogP contribution in [0.5, 0.6) is 0 Å². The molecule has 0 bridgehead atoms. The quantitative estimate of drug-likeness (QED) is 0.335. The largest absolute Gasteiger partial charge is 0.410 e. The number of oxime groups is 1. The molecular weight excluding hydrogens is 208 g/mol. The van der Waals surface area contributed by atoms with Gasteiger partial charge in [-0.15, -0.1) is 6.58 Å². The summed E-state index contributed by atoms with van der Waals surface area (Å²) in [5.41, 5.74) is 3.82. The van der Waals surface area contributed by atoms with Gasteiger partial charge in [0.2, 0.25) is 5.71 Å². The van der Waals surface area contributed by atoms with Crippen molar-refractivity contribution in [1.29, 1.82) is 5.26 Å². The van der Waals surface area contributed by atoms with Gasteiger partial charge in [-0.3, -0.25) is 4.79 Å². The lowest BCUT2D eigenvalue weighted by Gasteiger charge is -1.91. The highest BCUT2D eigenvalue weighted by atomic mass is 16.4. The third-order valence-electron chi connectivity index (χ3n) is 1.45. The maximum absolute atomic E-state index is 9.87. The molecule has 0 saturated heterocycles. The first-order valence-corrected chi connectivity index (χ1v) is 4.29. The van der Waals surface area contributed by atoms with Crippen molar-refractivity contribution in [3.63, 3.8) is 0 Å². The van der Waals surface area contributed by atoms with E-state index in [0.717, 1.165) is 6.54 Å². The van der Waals surface area contributed by atoms with Crippen LogP contribution in [0.2, 0.25) is 0 Å². The summed E-state index contributed by atoms with van der Waals surface area (Å²) in [6.45, 7) is 4.52. The van der Waals surface area contributed by atoms with E-state index in [1.165, 1.54) is 6.07 Å². The van der Waals surface area contributed by atoms with Crippen LogP contribution in [0.25, 0.3) is 0 Å². The number of nitriles is 1. The van der Waals surface area contributed by atoms with E-state index in [9.17, 15) is 4.79 Å². The van der Waals surface area contributed by atoms with E-state index >= 15 is 0 Å². The Morgan fingerprint density at radius 2 is 2.19 bits per heavy atom. The fourth-order valence-corrected chi connectivity index (χ4v) is 0.768. The second kappa shape index (κ2) is 7.82. The maximum Gasteiger partial charge on any atom is 0.281 e. The van der Waals surface area contributed by atoms with Gasteiger partial charge in [0.25, 0.3) is 5.91 Å². The fourth-order valence-electron chi connectivity index (χ4n) is 0.768. The Hall–Kier alpha value is -2.55. The smallest absolute Gasteiger partial charge is 0.281 e. The first-order valence-electron chi connectivity index (χ1n) is 4.29. The summed E-state index contributed by atoms with van der Waals surface area (Å²) in [4.78, 5) is 9.87. The molecule has 0 saturated carbocycles. The number of amides is 1. The fraction of sp³-hybridized carbons (Fsp3) is 0.100. The highest BCUT2D eigenvalue weighted by molar-refractivity contribution is 6.44. The molecule has 1 aromatic rings. The number of hydrogen-bond acceptors (Lipinski definition) is 4. The average molecular weight is 220 g/mol. The molecule has 0 spiro atoms. The van der Waals surface area contributed by atoms with Gasteiger partial charge in [0, 0.05) is 18.9 Å². The van der Waals surface area contributed by atoms with Crippen LogP contribution >= 0.6 is 0 Å². The van der Waals surface area contributed by atoms with Gasteiger partial charge in [-0.1, -0.05) is 11.2 Å². The number of carbonyl (C=O) groups excluding carboxylic acids is 1. The number of hydrogen-bond donors (Lipinski definition) is 2. The highest BCUT2D eigenvalue weighted by Gasteiger charge is 2.02. The van der Waals surface area contributed by atoms with Crippen molar-refractivity contribution in [2.75, 3.05) is 0 Å². The number of aromatic nitrogens is 1. The van der Waals surface area contributed by atoms with E-state index in [-0.39, 0.29) is 0 Å². The van der Waals surface area contributed by atoms with Gasteiger partial charge in [0.15, 0.2) is 0 Å². The molecular formula is C10H12N4O2. The Morgan fingerprint density at radius 1 is 1.62 bits per heavy atom. The van der Waals surface area contributed by atoms with Crippen LogP contribution in [0, 0.1) is 11.3 Å². The standard InChI is InChI=1S/C7H9N.C3H3N3O2/c1-2-5-8-6-3-4-7-8;4-1-2(6-8)3(5)7/h2-4,6-7H,1,5H2;8H,(H2,5,7). The predicted molar refractivity (Wildman–Crippen MR) is 58.7 cm³/mol. The van der Waals surface area contributed by atoms with Gasteiger partial charge in [-0.25, -0.2) is 0 Å². The molecule has 0 aliphatic rings. The topological polar surface area (TPSA) is 104 Å². The molecule has 1 rings (SSSR count). The van der Waals surface area contributed by atoms with Crippen molar-refractivity contribution in [2.45, 2.75) is 6.54 Å². The van der Waals surface area contributed by atoms with Crippen LogP contribution < -0.4 is 5.73 Å². The van der Waals surface area contributed by atoms with E-state index < -0.39 is 11.6 Å². The molecule has 3 N–H and O–H groups in total. The van der Waals surface area contributed by atoms with E-state index in [1.807, 2.05) is 30.6 Å². The van der Waals surface area contributed by atoms with Gasteiger partial charge in [-0.2, -0.15) is 5.26 Å². The zero-order chi connectivity index (χ0) is 12.4. The Balaban J connectivity index is 0.000000281. The summed E-state index contributed by atoms with van der Waals surface area (Å²) in [7, 11) is 0. The second-order valence-corrected chi connectivity index (χ2v) is 2.59. The van der Waals surface area contributed by atoms with Crippen molar-refractivity contribution < 1.29 is 10.0 Å². The van der Waals surface area contributed by atoms with E-state index in [4.69, 9.17) is 10.5 Å². The number of nitrogens with zero attached hydrogens (tertiary/aromatic N) is 3. The molecule has 6 heteroatoms. The molecule has 0 unspecified atom stereocenters. The minimum atomic E-state index is -1.03. The normalized spacial score (nSPS) is 9.56. The van der Waals surface area contributed by atoms with Crippen molar-refractivity contribution >= 4 is 11.6 Å². The maximum atomic E-state index is 9.87. The molecule has 0 aliphatic heterocycles. The first kappa shape index (κ1) is 13.4. The molecule has 16 heavy (non-hydrogen) atoms. The number of primary amides is 1. The zero-order valence-electron chi connectivity index (χ0n) is 8.58. The van der Waals surface area contributed by atoms with Crippen LogP contribution in [0.4, 0.5) is 0 Å². The van der Waals surface area contributed by atoms with Crippen molar-refractivity contribution in [3.05, 3.63) is 37.2 Å². The van der Waals surface area contributed by atoms with Crippen LogP contribution in [0.3, 0.4) is 0 Å². The van der Waals surface area contributed by atoms with E-state index in [1.54, 1.807) is 0 Å². The zero-order valence-corrected chi connectivity index (χ0v) is 8.58. The summed E-state index contributed by atoms with van der Waals surface area (Å²) in [6.07, 6.45) is 5.91. The summed E-state index contributed by atoms with van der Waals surface area (Å²) in [6, 6.07) is 5.28. The van der Waals surface area contributed by atoms with Crippen LogP contribution in [0.1, 0.15) is 0 Å². The molecule has 1 amide bonds. The number of allylic oxidation sites excluding steroid dienone is 1. The Labute approximate surface area is 92.9 Å². The minimum absolute atomic E-state index is 0.690. The van der Waals surface area contributed by atoms with Gasteiger partial charge in [-0.05, 0) is 12.1 Å². The molecule has 1 heterocycles. The molecule has 0 aliphatic carbocycles. The monoisotopic (exact) mass is 220 g/mol. The molecule has 0 atom stereocenters. The van der Waals surface area contributed by atoms with Crippen molar-refractivity contribution in [2.24, 2.45) is 10.9 Å². The molecule has 1 aromatic heterocycles. The van der Waals surface area contributed by atoms with Gasteiger partial charge >= 0.3 is 0 Å². The summed E-state index contributed by atoms with van der Waals surface area (Å²) < 4.78 is 2.06. The number of rotatable bonds is 3.